The molecule has 1 aliphatic heterocycles. The van der Waals surface area contributed by atoms with E-state index in [0.717, 1.165) is 35.3 Å². The molecule has 0 fully saturated rings. The summed E-state index contributed by atoms with van der Waals surface area (Å²) >= 11 is 0. The Kier molecular flexibility index (Phi) is 5.79. The number of carbonyl (C=O) groups is 2. The quantitative estimate of drug-likeness (QED) is 0.886. The Morgan fingerprint density at radius 1 is 1.11 bits per heavy atom. The summed E-state index contributed by atoms with van der Waals surface area (Å²) in [5.41, 5.74) is 4.13. The number of benzene rings is 2. The third-order valence-electron chi connectivity index (χ3n) is 5.04. The van der Waals surface area contributed by atoms with Crippen molar-refractivity contribution in [2.75, 3.05) is 23.9 Å². The zero-order chi connectivity index (χ0) is 19.4. The van der Waals surface area contributed by atoms with Crippen LogP contribution >= 0.6 is 0 Å². The fourth-order valence-electron chi connectivity index (χ4n) is 3.43. The van der Waals surface area contributed by atoms with Gasteiger partial charge < -0.3 is 10.2 Å². The standard InChI is InChI=1S/C22H27N3O2/c1-16(22(27)23-15-17-11-13-19(14-12-17)24(2)3)25-20-9-5-4-7-18(20)8-6-10-21(25)26/h4-5,7,9,11-14,16H,6,8,10,15H2,1-3H3,(H,23,27). The topological polar surface area (TPSA) is 52.7 Å². The van der Waals surface area contributed by atoms with E-state index in [1.807, 2.05) is 67.5 Å². The van der Waals surface area contributed by atoms with Gasteiger partial charge in [-0.15, -0.1) is 0 Å². The van der Waals surface area contributed by atoms with Crippen LogP contribution in [0.4, 0.5) is 11.4 Å². The van der Waals surface area contributed by atoms with Crippen LogP contribution in [0.5, 0.6) is 0 Å². The van der Waals surface area contributed by atoms with Crippen molar-refractivity contribution < 1.29 is 9.59 Å². The van der Waals surface area contributed by atoms with Crippen LogP contribution in [0.3, 0.4) is 0 Å². The number of nitrogens with zero attached hydrogens (tertiary/aromatic N) is 2. The normalized spacial score (nSPS) is 14.9. The Morgan fingerprint density at radius 2 is 1.81 bits per heavy atom. The van der Waals surface area contributed by atoms with Crippen LogP contribution in [0, 0.1) is 0 Å². The second-order valence-corrected chi connectivity index (χ2v) is 7.20. The first-order chi connectivity index (χ1) is 13.0. The highest BCUT2D eigenvalue weighted by Crippen LogP contribution is 2.28. The summed E-state index contributed by atoms with van der Waals surface area (Å²) < 4.78 is 0. The maximum absolute atomic E-state index is 12.7. The first kappa shape index (κ1) is 19.0. The molecule has 2 aromatic carbocycles. The van der Waals surface area contributed by atoms with E-state index in [0.29, 0.717) is 13.0 Å². The molecular formula is C22H27N3O2. The predicted octanol–water partition coefficient (Wildman–Crippen LogP) is 3.13. The van der Waals surface area contributed by atoms with Crippen LogP contribution in [0.2, 0.25) is 0 Å². The molecule has 142 valence electrons. The molecule has 2 amide bonds. The van der Waals surface area contributed by atoms with Crippen molar-refractivity contribution >= 4 is 23.2 Å². The molecule has 5 heteroatoms. The molecule has 1 aliphatic rings. The Morgan fingerprint density at radius 3 is 2.52 bits per heavy atom. The Balaban J connectivity index is 1.70. The Bertz CT molecular complexity index is 815. The average molecular weight is 365 g/mol. The van der Waals surface area contributed by atoms with Crippen molar-refractivity contribution in [1.29, 1.82) is 0 Å². The molecule has 1 heterocycles. The molecule has 2 aromatic rings. The summed E-state index contributed by atoms with van der Waals surface area (Å²) in [6.45, 7) is 2.24. The van der Waals surface area contributed by atoms with Crippen LogP contribution in [-0.2, 0) is 22.6 Å². The summed E-state index contributed by atoms with van der Waals surface area (Å²) in [5.74, 6) is -0.130. The molecule has 27 heavy (non-hydrogen) atoms. The lowest BCUT2D eigenvalue weighted by Crippen LogP contribution is -2.48. The van der Waals surface area contributed by atoms with Gasteiger partial charge in [0.2, 0.25) is 11.8 Å². The zero-order valence-electron chi connectivity index (χ0n) is 16.2. The van der Waals surface area contributed by atoms with Crippen LogP contribution in [-0.4, -0.2) is 32.0 Å². The number of hydrogen-bond acceptors (Lipinski definition) is 3. The van der Waals surface area contributed by atoms with E-state index in [9.17, 15) is 9.59 Å². The third-order valence-corrected chi connectivity index (χ3v) is 5.04. The number of rotatable bonds is 5. The van der Waals surface area contributed by atoms with Crippen molar-refractivity contribution in [3.8, 4) is 0 Å². The molecule has 0 aliphatic carbocycles. The van der Waals surface area contributed by atoms with Gasteiger partial charge in [-0.3, -0.25) is 14.5 Å². The molecule has 0 spiro atoms. The maximum Gasteiger partial charge on any atom is 0.243 e. The fraction of sp³-hybridized carbons (Fsp3) is 0.364. The van der Waals surface area contributed by atoms with Gasteiger partial charge in [-0.2, -0.15) is 0 Å². The van der Waals surface area contributed by atoms with Gasteiger partial charge in [0.25, 0.3) is 0 Å². The van der Waals surface area contributed by atoms with Crippen molar-refractivity contribution in [3.63, 3.8) is 0 Å². The number of para-hydroxylation sites is 1. The summed E-state index contributed by atoms with van der Waals surface area (Å²) in [7, 11) is 3.99. The lowest BCUT2D eigenvalue weighted by atomic mass is 10.1. The van der Waals surface area contributed by atoms with Crippen LogP contribution in [0.1, 0.15) is 30.9 Å². The molecule has 0 aromatic heterocycles. The smallest absolute Gasteiger partial charge is 0.243 e. The van der Waals surface area contributed by atoms with Gasteiger partial charge in [-0.05, 0) is 49.1 Å². The Labute approximate surface area is 161 Å². The van der Waals surface area contributed by atoms with Crippen LogP contribution in [0.25, 0.3) is 0 Å². The minimum Gasteiger partial charge on any atom is -0.378 e. The number of amides is 2. The summed E-state index contributed by atoms with van der Waals surface area (Å²) in [5, 5.41) is 2.97. The molecule has 1 N–H and O–H groups in total. The van der Waals surface area contributed by atoms with Gasteiger partial charge in [0.15, 0.2) is 0 Å². The minimum absolute atomic E-state index is 0.0120. The third kappa shape index (κ3) is 4.30. The number of nitrogens with one attached hydrogen (secondary N) is 1. The van der Waals surface area contributed by atoms with Crippen LogP contribution in [0.15, 0.2) is 48.5 Å². The molecule has 5 nitrogen and oxygen atoms in total. The largest absolute Gasteiger partial charge is 0.378 e. The van der Waals surface area contributed by atoms with Gasteiger partial charge in [0, 0.05) is 38.4 Å². The number of carbonyl (C=O) groups excluding carboxylic acids is 2. The van der Waals surface area contributed by atoms with E-state index in [1.54, 1.807) is 11.8 Å². The second-order valence-electron chi connectivity index (χ2n) is 7.20. The van der Waals surface area contributed by atoms with Gasteiger partial charge in [0.05, 0.1) is 0 Å². The molecule has 0 saturated heterocycles. The summed E-state index contributed by atoms with van der Waals surface area (Å²) in [6.07, 6.45) is 2.15. The average Bonchev–Trinajstić information content (AvgIpc) is 2.84. The van der Waals surface area contributed by atoms with E-state index >= 15 is 0 Å². The number of aryl methyl sites for hydroxylation is 1. The first-order valence-electron chi connectivity index (χ1n) is 9.41. The van der Waals surface area contributed by atoms with E-state index in [4.69, 9.17) is 0 Å². The molecule has 0 saturated carbocycles. The zero-order valence-corrected chi connectivity index (χ0v) is 16.2. The fourth-order valence-corrected chi connectivity index (χ4v) is 3.43. The van der Waals surface area contributed by atoms with Crippen molar-refractivity contribution in [1.82, 2.24) is 5.32 Å². The SMILES string of the molecule is CC(C(=O)NCc1ccc(N(C)C)cc1)N1C(=O)CCCc2ccccc21. The van der Waals surface area contributed by atoms with Gasteiger partial charge in [-0.25, -0.2) is 0 Å². The van der Waals surface area contributed by atoms with E-state index < -0.39 is 6.04 Å². The van der Waals surface area contributed by atoms with Crippen molar-refractivity contribution in [2.45, 2.75) is 38.8 Å². The molecule has 0 radical (unpaired) electrons. The van der Waals surface area contributed by atoms with Crippen molar-refractivity contribution in [3.05, 3.63) is 59.7 Å². The monoisotopic (exact) mass is 365 g/mol. The minimum atomic E-state index is -0.544. The highest BCUT2D eigenvalue weighted by atomic mass is 16.2. The lowest BCUT2D eigenvalue weighted by molar-refractivity contribution is -0.126. The highest BCUT2D eigenvalue weighted by molar-refractivity contribution is 6.01. The van der Waals surface area contributed by atoms with Gasteiger partial charge in [-0.1, -0.05) is 30.3 Å². The first-order valence-corrected chi connectivity index (χ1v) is 9.41. The molecular weight excluding hydrogens is 338 g/mol. The number of anilines is 2. The highest BCUT2D eigenvalue weighted by Gasteiger charge is 2.30. The van der Waals surface area contributed by atoms with Gasteiger partial charge >= 0.3 is 0 Å². The van der Waals surface area contributed by atoms with Crippen molar-refractivity contribution in [2.24, 2.45) is 0 Å². The van der Waals surface area contributed by atoms with Gasteiger partial charge in [0.1, 0.15) is 6.04 Å². The summed E-state index contributed by atoms with van der Waals surface area (Å²) in [4.78, 5) is 29.1. The van der Waals surface area contributed by atoms with E-state index in [2.05, 4.69) is 5.32 Å². The molecule has 3 rings (SSSR count). The van der Waals surface area contributed by atoms with E-state index in [1.165, 1.54) is 0 Å². The predicted molar refractivity (Wildman–Crippen MR) is 109 cm³/mol. The maximum atomic E-state index is 12.7. The Hall–Kier alpha value is -2.82. The molecule has 0 bridgehead atoms. The van der Waals surface area contributed by atoms with Crippen LogP contribution < -0.4 is 15.1 Å². The second kappa shape index (κ2) is 8.25. The van der Waals surface area contributed by atoms with E-state index in [-0.39, 0.29) is 11.8 Å². The summed E-state index contributed by atoms with van der Waals surface area (Å²) in [6, 6.07) is 15.4. The lowest BCUT2D eigenvalue weighted by Gasteiger charge is -2.28. The number of hydrogen-bond donors (Lipinski definition) is 1. The number of fused-ring (bicyclic) bond motifs is 1. The molecule has 1 unspecified atom stereocenters. The molecule has 1 atom stereocenters.